The molecular formula is C19H18N2O4S. The molecule has 4 rings (SSSR count). The van der Waals surface area contributed by atoms with Crippen molar-refractivity contribution in [2.75, 3.05) is 13.7 Å². The van der Waals surface area contributed by atoms with Gasteiger partial charge in [-0.25, -0.2) is 0 Å². The summed E-state index contributed by atoms with van der Waals surface area (Å²) in [6.45, 7) is 2.18. The summed E-state index contributed by atoms with van der Waals surface area (Å²) in [6.07, 6.45) is -0.752. The van der Waals surface area contributed by atoms with Crippen molar-refractivity contribution in [2.24, 2.45) is 12.0 Å². The normalized spacial score (nSPS) is 16.7. The number of hydrogen-bond acceptors (Lipinski definition) is 5. The molecule has 0 N–H and O–H groups in total. The first-order valence-corrected chi connectivity index (χ1v) is 9.00. The number of ether oxygens (including phenoxy) is 3. The zero-order valence-corrected chi connectivity index (χ0v) is 15.5. The standard InChI is InChI=1S/C19H18N2O4S/c1-11-8-9-14(23-3)16-17(11)26-19(21(16)2)20-18(22)15-10-24-12-6-4-5-7-13(12)25-15/h4-9,15H,10H2,1-3H3. The van der Waals surface area contributed by atoms with Crippen LogP contribution < -0.4 is 19.0 Å². The second-order valence-electron chi connectivity index (χ2n) is 6.02. The summed E-state index contributed by atoms with van der Waals surface area (Å²) >= 11 is 1.46. The first-order chi connectivity index (χ1) is 12.6. The molecule has 0 aliphatic carbocycles. The van der Waals surface area contributed by atoms with Gasteiger partial charge in [-0.2, -0.15) is 4.99 Å². The fraction of sp³-hybridized carbons (Fsp3) is 0.263. The molecule has 1 unspecified atom stereocenters. The number of rotatable bonds is 2. The third-order valence-corrected chi connectivity index (χ3v) is 5.58. The smallest absolute Gasteiger partial charge is 0.292 e. The third-order valence-electron chi connectivity index (χ3n) is 4.32. The molecule has 1 amide bonds. The van der Waals surface area contributed by atoms with E-state index in [1.54, 1.807) is 13.2 Å². The maximum absolute atomic E-state index is 12.6. The number of benzene rings is 2. The van der Waals surface area contributed by atoms with Crippen LogP contribution in [0.5, 0.6) is 17.2 Å². The molecule has 2 aromatic carbocycles. The Morgan fingerprint density at radius 2 is 2.04 bits per heavy atom. The van der Waals surface area contributed by atoms with E-state index in [-0.39, 0.29) is 12.5 Å². The average Bonchev–Trinajstić information content (AvgIpc) is 2.99. The summed E-state index contributed by atoms with van der Waals surface area (Å²) in [5.74, 6) is 1.59. The summed E-state index contributed by atoms with van der Waals surface area (Å²) in [4.78, 5) is 17.5. The molecule has 0 radical (unpaired) electrons. The molecule has 0 fully saturated rings. The molecule has 1 aliphatic rings. The Morgan fingerprint density at radius 3 is 2.81 bits per heavy atom. The van der Waals surface area contributed by atoms with Crippen molar-refractivity contribution < 1.29 is 19.0 Å². The van der Waals surface area contributed by atoms with Crippen molar-refractivity contribution in [1.82, 2.24) is 4.57 Å². The molecule has 134 valence electrons. The molecule has 3 aromatic rings. The van der Waals surface area contributed by atoms with Crippen molar-refractivity contribution in [2.45, 2.75) is 13.0 Å². The van der Waals surface area contributed by atoms with Crippen LogP contribution in [0.3, 0.4) is 0 Å². The van der Waals surface area contributed by atoms with Crippen LogP contribution in [-0.2, 0) is 11.8 Å². The van der Waals surface area contributed by atoms with Crippen LogP contribution in [0.2, 0.25) is 0 Å². The van der Waals surface area contributed by atoms with Gasteiger partial charge in [0, 0.05) is 7.05 Å². The number of nitrogens with zero attached hydrogens (tertiary/aromatic N) is 2. The third kappa shape index (κ3) is 2.74. The number of carbonyl (C=O) groups excluding carboxylic acids is 1. The minimum Gasteiger partial charge on any atom is -0.495 e. The van der Waals surface area contributed by atoms with Crippen LogP contribution in [0.4, 0.5) is 0 Å². The van der Waals surface area contributed by atoms with Gasteiger partial charge in [-0.3, -0.25) is 4.79 Å². The van der Waals surface area contributed by atoms with Gasteiger partial charge in [0.1, 0.15) is 17.9 Å². The summed E-state index contributed by atoms with van der Waals surface area (Å²) in [7, 11) is 3.51. The van der Waals surface area contributed by atoms with Crippen LogP contribution in [0.1, 0.15) is 5.56 Å². The van der Waals surface area contributed by atoms with Gasteiger partial charge in [-0.05, 0) is 30.7 Å². The zero-order valence-electron chi connectivity index (χ0n) is 14.7. The molecule has 7 heteroatoms. The maximum Gasteiger partial charge on any atom is 0.292 e. The number of hydrogen-bond donors (Lipinski definition) is 0. The molecule has 0 spiro atoms. The molecule has 6 nitrogen and oxygen atoms in total. The minimum absolute atomic E-state index is 0.149. The summed E-state index contributed by atoms with van der Waals surface area (Å²) < 4.78 is 19.7. The Morgan fingerprint density at radius 1 is 1.27 bits per heavy atom. The second-order valence-corrected chi connectivity index (χ2v) is 7.00. The van der Waals surface area contributed by atoms with E-state index in [0.717, 1.165) is 21.5 Å². The number of carbonyl (C=O) groups is 1. The van der Waals surface area contributed by atoms with Gasteiger partial charge in [0.15, 0.2) is 16.3 Å². The highest BCUT2D eigenvalue weighted by atomic mass is 32.1. The predicted octanol–water partition coefficient (Wildman–Crippen LogP) is 2.82. The number of aryl methyl sites for hydroxylation is 2. The Kier molecular flexibility index (Phi) is 4.16. The van der Waals surface area contributed by atoms with E-state index in [1.807, 2.05) is 48.9 Å². The van der Waals surface area contributed by atoms with E-state index in [4.69, 9.17) is 14.2 Å². The van der Waals surface area contributed by atoms with E-state index in [9.17, 15) is 4.79 Å². The number of methoxy groups -OCH3 is 1. The first-order valence-electron chi connectivity index (χ1n) is 8.18. The van der Waals surface area contributed by atoms with Crippen molar-refractivity contribution in [3.8, 4) is 17.2 Å². The van der Waals surface area contributed by atoms with Crippen LogP contribution in [0.15, 0.2) is 41.4 Å². The van der Waals surface area contributed by atoms with Gasteiger partial charge in [-0.15, -0.1) is 0 Å². The second kappa shape index (κ2) is 6.49. The van der Waals surface area contributed by atoms with Gasteiger partial charge in [-0.1, -0.05) is 29.5 Å². The van der Waals surface area contributed by atoms with Gasteiger partial charge in [0.05, 0.1) is 11.8 Å². The molecular weight excluding hydrogens is 352 g/mol. The lowest BCUT2D eigenvalue weighted by Crippen LogP contribution is -2.36. The Labute approximate surface area is 154 Å². The largest absolute Gasteiger partial charge is 0.495 e. The van der Waals surface area contributed by atoms with Crippen molar-refractivity contribution in [1.29, 1.82) is 0 Å². The van der Waals surface area contributed by atoms with Gasteiger partial charge in [0.25, 0.3) is 5.91 Å². The lowest BCUT2D eigenvalue weighted by atomic mass is 10.2. The molecule has 0 saturated heterocycles. The van der Waals surface area contributed by atoms with Crippen molar-refractivity contribution >= 4 is 27.5 Å². The van der Waals surface area contributed by atoms with E-state index in [0.29, 0.717) is 16.3 Å². The van der Waals surface area contributed by atoms with Crippen LogP contribution in [-0.4, -0.2) is 30.3 Å². The summed E-state index contributed by atoms with van der Waals surface area (Å²) in [5, 5.41) is 0. The summed E-state index contributed by atoms with van der Waals surface area (Å²) in [5.41, 5.74) is 2.04. The SMILES string of the molecule is COc1ccc(C)c2sc(=NC(=O)C3COc4ccccc4O3)n(C)c12. The van der Waals surface area contributed by atoms with E-state index in [1.165, 1.54) is 11.3 Å². The average molecular weight is 370 g/mol. The Balaban J connectivity index is 1.72. The molecule has 1 aliphatic heterocycles. The summed E-state index contributed by atoms with van der Waals surface area (Å²) in [6, 6.07) is 11.2. The molecule has 1 atom stereocenters. The lowest BCUT2D eigenvalue weighted by molar-refractivity contribution is -0.127. The molecule has 2 heterocycles. The molecule has 1 aromatic heterocycles. The van der Waals surface area contributed by atoms with Gasteiger partial charge in [0.2, 0.25) is 6.10 Å². The highest BCUT2D eigenvalue weighted by molar-refractivity contribution is 7.16. The van der Waals surface area contributed by atoms with Gasteiger partial charge < -0.3 is 18.8 Å². The predicted molar refractivity (Wildman–Crippen MR) is 99.0 cm³/mol. The fourth-order valence-electron chi connectivity index (χ4n) is 2.93. The molecule has 26 heavy (non-hydrogen) atoms. The monoisotopic (exact) mass is 370 g/mol. The quantitative estimate of drug-likeness (QED) is 0.696. The van der Waals surface area contributed by atoms with E-state index in [2.05, 4.69) is 4.99 Å². The zero-order chi connectivity index (χ0) is 18.3. The van der Waals surface area contributed by atoms with Gasteiger partial charge >= 0.3 is 0 Å². The molecule has 0 bridgehead atoms. The first kappa shape index (κ1) is 16.7. The number of fused-ring (bicyclic) bond motifs is 2. The highest BCUT2D eigenvalue weighted by Gasteiger charge is 2.27. The van der Waals surface area contributed by atoms with E-state index >= 15 is 0 Å². The van der Waals surface area contributed by atoms with Crippen LogP contribution >= 0.6 is 11.3 Å². The highest BCUT2D eigenvalue weighted by Crippen LogP contribution is 2.32. The number of aromatic nitrogens is 1. The minimum atomic E-state index is -0.752. The number of thiazole rings is 1. The van der Waals surface area contributed by atoms with Crippen LogP contribution in [0.25, 0.3) is 10.2 Å². The Bertz CT molecular complexity index is 1070. The molecule has 0 saturated carbocycles. The maximum atomic E-state index is 12.6. The van der Waals surface area contributed by atoms with Crippen molar-refractivity contribution in [3.05, 3.63) is 46.8 Å². The lowest BCUT2D eigenvalue weighted by Gasteiger charge is -2.23. The van der Waals surface area contributed by atoms with E-state index < -0.39 is 6.10 Å². The number of para-hydroxylation sites is 2. The topological polar surface area (TPSA) is 62.1 Å². The van der Waals surface area contributed by atoms with Crippen LogP contribution in [0, 0.1) is 6.92 Å². The Hall–Kier alpha value is -2.80. The van der Waals surface area contributed by atoms with Crippen molar-refractivity contribution in [3.63, 3.8) is 0 Å². The fourth-order valence-corrected chi connectivity index (χ4v) is 4.04. The number of amides is 1.